The Kier molecular flexibility index (Phi) is 2.50. The van der Waals surface area contributed by atoms with Gasteiger partial charge in [0.1, 0.15) is 0 Å². The normalized spacial score (nSPS) is 13.2. The standard InChI is InChI=1S/C5H7F3O3/c1-4(2,3(9)10)11-5(6,7)8/h1-2H3,(H,9,10). The lowest BCUT2D eigenvalue weighted by molar-refractivity contribution is -0.356. The number of carboxylic acids is 1. The van der Waals surface area contributed by atoms with Gasteiger partial charge in [0, 0.05) is 0 Å². The van der Waals surface area contributed by atoms with E-state index < -0.39 is 17.9 Å². The number of hydrogen-bond donors (Lipinski definition) is 1. The van der Waals surface area contributed by atoms with Crippen molar-refractivity contribution in [2.75, 3.05) is 0 Å². The molecule has 0 unspecified atom stereocenters. The summed E-state index contributed by atoms with van der Waals surface area (Å²) >= 11 is 0. The van der Waals surface area contributed by atoms with Crippen LogP contribution in [0.1, 0.15) is 13.8 Å². The van der Waals surface area contributed by atoms with Crippen LogP contribution in [0, 0.1) is 0 Å². The molecule has 0 aromatic heterocycles. The summed E-state index contributed by atoms with van der Waals surface area (Å²) < 4.78 is 37.6. The number of rotatable bonds is 2. The van der Waals surface area contributed by atoms with E-state index in [4.69, 9.17) is 5.11 Å². The molecule has 0 aromatic rings. The molecule has 0 fully saturated rings. The topological polar surface area (TPSA) is 46.5 Å². The molecule has 0 saturated heterocycles. The van der Waals surface area contributed by atoms with Crippen LogP contribution in [0.25, 0.3) is 0 Å². The highest BCUT2D eigenvalue weighted by molar-refractivity contribution is 5.76. The van der Waals surface area contributed by atoms with Crippen molar-refractivity contribution in [1.82, 2.24) is 0 Å². The first-order chi connectivity index (χ1) is 4.65. The minimum Gasteiger partial charge on any atom is -0.479 e. The van der Waals surface area contributed by atoms with Crippen LogP contribution >= 0.6 is 0 Å². The molecule has 0 heterocycles. The molecular weight excluding hydrogens is 165 g/mol. The number of halogens is 3. The van der Waals surface area contributed by atoms with Crippen molar-refractivity contribution in [2.45, 2.75) is 25.8 Å². The summed E-state index contributed by atoms with van der Waals surface area (Å²) in [4.78, 5) is 10.1. The van der Waals surface area contributed by atoms with Crippen LogP contribution < -0.4 is 0 Å². The molecule has 3 nitrogen and oxygen atoms in total. The number of aliphatic carboxylic acids is 1. The number of hydrogen-bond acceptors (Lipinski definition) is 2. The van der Waals surface area contributed by atoms with Gasteiger partial charge in [0.15, 0.2) is 5.60 Å². The lowest BCUT2D eigenvalue weighted by Crippen LogP contribution is -2.39. The zero-order valence-corrected chi connectivity index (χ0v) is 5.90. The Balaban J connectivity index is 4.25. The number of carbonyl (C=O) groups is 1. The Bertz CT molecular complexity index is 161. The van der Waals surface area contributed by atoms with E-state index in [0.717, 1.165) is 13.8 Å². The van der Waals surface area contributed by atoms with Crippen molar-refractivity contribution in [3.63, 3.8) is 0 Å². The maximum Gasteiger partial charge on any atom is 0.523 e. The van der Waals surface area contributed by atoms with Crippen molar-refractivity contribution in [3.8, 4) is 0 Å². The van der Waals surface area contributed by atoms with Gasteiger partial charge in [-0.2, -0.15) is 0 Å². The molecule has 0 bridgehead atoms. The Morgan fingerprint density at radius 3 is 1.82 bits per heavy atom. The fourth-order valence-electron chi connectivity index (χ4n) is 0.333. The number of ether oxygens (including phenoxy) is 1. The summed E-state index contributed by atoms with van der Waals surface area (Å²) in [7, 11) is 0. The Labute approximate surface area is 60.8 Å². The van der Waals surface area contributed by atoms with Crippen molar-refractivity contribution >= 4 is 5.97 Å². The molecule has 0 radical (unpaired) electrons. The van der Waals surface area contributed by atoms with Gasteiger partial charge in [0.05, 0.1) is 0 Å². The van der Waals surface area contributed by atoms with E-state index in [2.05, 4.69) is 4.74 Å². The predicted molar refractivity (Wildman–Crippen MR) is 28.9 cm³/mol. The first kappa shape index (κ1) is 10.2. The second-order valence-electron chi connectivity index (χ2n) is 2.36. The van der Waals surface area contributed by atoms with Crippen LogP contribution in [-0.4, -0.2) is 23.0 Å². The summed E-state index contributed by atoms with van der Waals surface area (Å²) in [6.45, 7) is 1.64. The molecule has 0 rings (SSSR count). The first-order valence-corrected chi connectivity index (χ1v) is 2.65. The summed E-state index contributed by atoms with van der Waals surface area (Å²) in [5.41, 5.74) is -2.22. The van der Waals surface area contributed by atoms with Crippen LogP contribution in [0.15, 0.2) is 0 Å². The lowest BCUT2D eigenvalue weighted by Gasteiger charge is -2.20. The smallest absolute Gasteiger partial charge is 0.479 e. The van der Waals surface area contributed by atoms with Gasteiger partial charge in [-0.15, -0.1) is 13.2 Å². The van der Waals surface area contributed by atoms with Crippen LogP contribution in [0.5, 0.6) is 0 Å². The van der Waals surface area contributed by atoms with E-state index in [1.165, 1.54) is 0 Å². The highest BCUT2D eigenvalue weighted by Crippen LogP contribution is 2.24. The van der Waals surface area contributed by atoms with Crippen LogP contribution in [-0.2, 0) is 9.53 Å². The van der Waals surface area contributed by atoms with Gasteiger partial charge in [-0.05, 0) is 13.8 Å². The third-order valence-electron chi connectivity index (χ3n) is 0.886. The Hall–Kier alpha value is -0.780. The van der Waals surface area contributed by atoms with Gasteiger partial charge in [-0.25, -0.2) is 4.79 Å². The van der Waals surface area contributed by atoms with Gasteiger partial charge in [-0.3, -0.25) is 4.74 Å². The fourth-order valence-corrected chi connectivity index (χ4v) is 0.333. The van der Waals surface area contributed by atoms with Gasteiger partial charge >= 0.3 is 12.3 Å². The molecule has 66 valence electrons. The molecule has 0 atom stereocenters. The summed E-state index contributed by atoms with van der Waals surface area (Å²) in [6, 6.07) is 0. The average Bonchev–Trinajstić information content (AvgIpc) is 1.56. The summed E-state index contributed by atoms with van der Waals surface area (Å²) in [5, 5.41) is 8.18. The van der Waals surface area contributed by atoms with E-state index in [-0.39, 0.29) is 0 Å². The lowest BCUT2D eigenvalue weighted by atomic mass is 10.1. The molecule has 0 aliphatic rings. The minimum absolute atomic E-state index is 0.822. The van der Waals surface area contributed by atoms with E-state index in [0.29, 0.717) is 0 Å². The number of alkyl halides is 3. The maximum atomic E-state index is 11.4. The van der Waals surface area contributed by atoms with E-state index >= 15 is 0 Å². The van der Waals surface area contributed by atoms with Crippen molar-refractivity contribution in [1.29, 1.82) is 0 Å². The second-order valence-corrected chi connectivity index (χ2v) is 2.36. The molecule has 0 amide bonds. The van der Waals surface area contributed by atoms with Crippen molar-refractivity contribution < 1.29 is 27.8 Å². The van der Waals surface area contributed by atoms with Crippen molar-refractivity contribution in [3.05, 3.63) is 0 Å². The summed E-state index contributed by atoms with van der Waals surface area (Å²) in [5.74, 6) is -1.66. The molecular formula is C5H7F3O3. The molecule has 0 aromatic carbocycles. The molecule has 6 heteroatoms. The highest BCUT2D eigenvalue weighted by atomic mass is 19.4. The van der Waals surface area contributed by atoms with Crippen LogP contribution in [0.2, 0.25) is 0 Å². The zero-order valence-electron chi connectivity index (χ0n) is 5.90. The fraction of sp³-hybridized carbons (Fsp3) is 0.800. The monoisotopic (exact) mass is 172 g/mol. The first-order valence-electron chi connectivity index (χ1n) is 2.65. The van der Waals surface area contributed by atoms with Crippen LogP contribution in [0.4, 0.5) is 13.2 Å². The van der Waals surface area contributed by atoms with E-state index in [9.17, 15) is 18.0 Å². The number of carboxylic acid groups (broad SMARTS) is 1. The molecule has 0 spiro atoms. The molecule has 0 aliphatic carbocycles. The molecule has 1 N–H and O–H groups in total. The van der Waals surface area contributed by atoms with Gasteiger partial charge in [-0.1, -0.05) is 0 Å². The SMILES string of the molecule is CC(C)(OC(F)(F)F)C(=O)O. The largest absolute Gasteiger partial charge is 0.523 e. The van der Waals surface area contributed by atoms with Crippen molar-refractivity contribution in [2.24, 2.45) is 0 Å². The van der Waals surface area contributed by atoms with Gasteiger partial charge < -0.3 is 5.11 Å². The quantitative estimate of drug-likeness (QED) is 0.684. The maximum absolute atomic E-state index is 11.4. The third-order valence-corrected chi connectivity index (χ3v) is 0.886. The summed E-state index contributed by atoms with van der Waals surface area (Å²) in [6.07, 6.45) is -4.91. The average molecular weight is 172 g/mol. The Morgan fingerprint density at radius 1 is 1.36 bits per heavy atom. The molecule has 11 heavy (non-hydrogen) atoms. The zero-order chi connectivity index (χ0) is 9.28. The molecule has 0 aliphatic heterocycles. The van der Waals surface area contributed by atoms with Gasteiger partial charge in [0.25, 0.3) is 0 Å². The minimum atomic E-state index is -4.91. The Morgan fingerprint density at radius 2 is 1.73 bits per heavy atom. The predicted octanol–water partition coefficient (Wildman–Crippen LogP) is 1.39. The van der Waals surface area contributed by atoms with E-state index in [1.54, 1.807) is 0 Å². The van der Waals surface area contributed by atoms with Gasteiger partial charge in [0.2, 0.25) is 0 Å². The van der Waals surface area contributed by atoms with E-state index in [1.807, 2.05) is 0 Å². The van der Waals surface area contributed by atoms with Crippen LogP contribution in [0.3, 0.4) is 0 Å². The second kappa shape index (κ2) is 2.69. The highest BCUT2D eigenvalue weighted by Gasteiger charge is 2.42. The third kappa shape index (κ3) is 3.82. The molecule has 0 saturated carbocycles.